The highest BCUT2D eigenvalue weighted by atomic mass is 32.1. The fraction of sp³-hybridized carbons (Fsp3) is 0.250. The van der Waals surface area contributed by atoms with Crippen LogP contribution >= 0.6 is 11.3 Å². The average molecular weight is 354 g/mol. The van der Waals surface area contributed by atoms with E-state index in [1.807, 2.05) is 43.3 Å². The molecule has 25 heavy (non-hydrogen) atoms. The SMILES string of the molecule is COc1cccc(CN(C)C(=O)NC(C)c2csc3ccccc23)c1. The fourth-order valence-electron chi connectivity index (χ4n) is 2.82. The molecule has 1 unspecified atom stereocenters. The number of methoxy groups -OCH3 is 1. The van der Waals surface area contributed by atoms with E-state index in [1.54, 1.807) is 30.4 Å². The summed E-state index contributed by atoms with van der Waals surface area (Å²) in [5, 5.41) is 6.41. The number of benzene rings is 2. The molecule has 1 N–H and O–H groups in total. The van der Waals surface area contributed by atoms with E-state index in [-0.39, 0.29) is 12.1 Å². The Morgan fingerprint density at radius 2 is 2.04 bits per heavy atom. The van der Waals surface area contributed by atoms with Gasteiger partial charge in [-0.1, -0.05) is 30.3 Å². The molecule has 0 saturated heterocycles. The average Bonchev–Trinajstić information content (AvgIpc) is 3.06. The number of rotatable bonds is 5. The number of nitrogens with zero attached hydrogens (tertiary/aromatic N) is 1. The Bertz CT molecular complexity index is 875. The van der Waals surface area contributed by atoms with Crippen molar-refractivity contribution in [2.75, 3.05) is 14.2 Å². The van der Waals surface area contributed by atoms with Crippen LogP contribution in [0.5, 0.6) is 5.75 Å². The molecular formula is C20H22N2O2S. The fourth-order valence-corrected chi connectivity index (χ4v) is 3.88. The molecule has 0 aliphatic carbocycles. The van der Waals surface area contributed by atoms with E-state index in [0.29, 0.717) is 6.54 Å². The first-order valence-electron chi connectivity index (χ1n) is 8.19. The van der Waals surface area contributed by atoms with E-state index < -0.39 is 0 Å². The number of urea groups is 1. The number of carbonyl (C=O) groups is 1. The van der Waals surface area contributed by atoms with Crippen molar-refractivity contribution in [1.82, 2.24) is 10.2 Å². The second kappa shape index (κ2) is 7.57. The Morgan fingerprint density at radius 1 is 1.24 bits per heavy atom. The molecule has 0 aliphatic rings. The van der Waals surface area contributed by atoms with Crippen LogP contribution in [0, 0.1) is 0 Å². The number of hydrogen-bond acceptors (Lipinski definition) is 3. The molecule has 1 heterocycles. The van der Waals surface area contributed by atoms with Gasteiger partial charge < -0.3 is 15.0 Å². The first-order chi connectivity index (χ1) is 12.1. The van der Waals surface area contributed by atoms with E-state index in [1.165, 1.54) is 10.1 Å². The van der Waals surface area contributed by atoms with Gasteiger partial charge in [0.2, 0.25) is 0 Å². The maximum Gasteiger partial charge on any atom is 0.317 e. The van der Waals surface area contributed by atoms with Gasteiger partial charge in [0.1, 0.15) is 5.75 Å². The third kappa shape index (κ3) is 3.94. The molecule has 5 heteroatoms. The van der Waals surface area contributed by atoms with Crippen molar-refractivity contribution in [3.8, 4) is 5.75 Å². The molecule has 0 bridgehead atoms. The summed E-state index contributed by atoms with van der Waals surface area (Å²) in [6.45, 7) is 2.55. The van der Waals surface area contributed by atoms with Crippen molar-refractivity contribution in [2.24, 2.45) is 0 Å². The van der Waals surface area contributed by atoms with Crippen LogP contribution in [0.1, 0.15) is 24.1 Å². The first-order valence-corrected chi connectivity index (χ1v) is 9.07. The highest BCUT2D eigenvalue weighted by Crippen LogP contribution is 2.30. The molecular weight excluding hydrogens is 332 g/mol. The van der Waals surface area contributed by atoms with Gasteiger partial charge in [0.25, 0.3) is 0 Å². The predicted octanol–water partition coefficient (Wildman–Crippen LogP) is 4.81. The molecule has 2 aromatic carbocycles. The molecule has 0 fully saturated rings. The Hall–Kier alpha value is -2.53. The maximum absolute atomic E-state index is 12.5. The van der Waals surface area contributed by atoms with Crippen LogP contribution in [0.15, 0.2) is 53.9 Å². The number of ether oxygens (including phenoxy) is 1. The van der Waals surface area contributed by atoms with Gasteiger partial charge in [0.05, 0.1) is 13.2 Å². The summed E-state index contributed by atoms with van der Waals surface area (Å²) >= 11 is 1.71. The van der Waals surface area contributed by atoms with E-state index in [4.69, 9.17) is 4.74 Å². The van der Waals surface area contributed by atoms with Crippen LogP contribution in [0.25, 0.3) is 10.1 Å². The quantitative estimate of drug-likeness (QED) is 0.714. The number of hydrogen-bond donors (Lipinski definition) is 1. The molecule has 3 aromatic rings. The van der Waals surface area contributed by atoms with Crippen LogP contribution in [0.3, 0.4) is 0 Å². The van der Waals surface area contributed by atoms with Crippen molar-refractivity contribution in [3.63, 3.8) is 0 Å². The van der Waals surface area contributed by atoms with Gasteiger partial charge >= 0.3 is 6.03 Å². The highest BCUT2D eigenvalue weighted by molar-refractivity contribution is 7.17. The van der Waals surface area contributed by atoms with Gasteiger partial charge in [0.15, 0.2) is 0 Å². The number of fused-ring (bicyclic) bond motifs is 1. The topological polar surface area (TPSA) is 41.6 Å². The van der Waals surface area contributed by atoms with Crippen molar-refractivity contribution >= 4 is 27.5 Å². The van der Waals surface area contributed by atoms with Gasteiger partial charge in [-0.05, 0) is 47.0 Å². The van der Waals surface area contributed by atoms with Crippen molar-refractivity contribution < 1.29 is 9.53 Å². The Balaban J connectivity index is 1.66. The van der Waals surface area contributed by atoms with E-state index >= 15 is 0 Å². The van der Waals surface area contributed by atoms with E-state index in [2.05, 4.69) is 22.8 Å². The molecule has 3 rings (SSSR count). The summed E-state index contributed by atoms with van der Waals surface area (Å²) in [6, 6.07) is 15.9. The summed E-state index contributed by atoms with van der Waals surface area (Å²) in [7, 11) is 3.44. The minimum absolute atomic E-state index is 0.0450. The van der Waals surface area contributed by atoms with E-state index in [9.17, 15) is 4.79 Å². The van der Waals surface area contributed by atoms with Crippen LogP contribution in [-0.4, -0.2) is 25.1 Å². The summed E-state index contributed by atoms with van der Waals surface area (Å²) in [6.07, 6.45) is 0. The van der Waals surface area contributed by atoms with Gasteiger partial charge in [0, 0.05) is 18.3 Å². The molecule has 4 nitrogen and oxygen atoms in total. The van der Waals surface area contributed by atoms with Crippen LogP contribution in [0.4, 0.5) is 4.79 Å². The third-order valence-corrected chi connectivity index (χ3v) is 5.20. The zero-order chi connectivity index (χ0) is 17.8. The number of thiophene rings is 1. The van der Waals surface area contributed by atoms with Gasteiger partial charge in [-0.2, -0.15) is 0 Å². The molecule has 0 aliphatic heterocycles. The molecule has 1 atom stereocenters. The lowest BCUT2D eigenvalue weighted by Gasteiger charge is -2.21. The Morgan fingerprint density at radius 3 is 2.84 bits per heavy atom. The van der Waals surface area contributed by atoms with Crippen LogP contribution in [-0.2, 0) is 6.54 Å². The molecule has 1 aromatic heterocycles. The van der Waals surface area contributed by atoms with Crippen molar-refractivity contribution in [3.05, 3.63) is 65.0 Å². The summed E-state index contributed by atoms with van der Waals surface area (Å²) < 4.78 is 6.47. The second-order valence-electron chi connectivity index (χ2n) is 6.07. The lowest BCUT2D eigenvalue weighted by molar-refractivity contribution is 0.203. The Labute approximate surface area is 152 Å². The molecule has 0 spiro atoms. The largest absolute Gasteiger partial charge is 0.497 e. The minimum atomic E-state index is -0.0920. The highest BCUT2D eigenvalue weighted by Gasteiger charge is 2.16. The van der Waals surface area contributed by atoms with E-state index in [0.717, 1.165) is 16.9 Å². The monoisotopic (exact) mass is 354 g/mol. The second-order valence-corrected chi connectivity index (χ2v) is 6.98. The van der Waals surface area contributed by atoms with Crippen molar-refractivity contribution in [2.45, 2.75) is 19.5 Å². The number of nitrogens with one attached hydrogen (secondary N) is 1. The summed E-state index contributed by atoms with van der Waals surface area (Å²) in [5.41, 5.74) is 2.19. The van der Waals surface area contributed by atoms with Crippen LogP contribution in [0.2, 0.25) is 0 Å². The maximum atomic E-state index is 12.5. The van der Waals surface area contributed by atoms with Gasteiger partial charge in [-0.25, -0.2) is 4.79 Å². The summed E-state index contributed by atoms with van der Waals surface area (Å²) in [4.78, 5) is 14.2. The first kappa shape index (κ1) is 17.3. The van der Waals surface area contributed by atoms with Crippen molar-refractivity contribution in [1.29, 1.82) is 0 Å². The third-order valence-electron chi connectivity index (χ3n) is 4.22. The summed E-state index contributed by atoms with van der Waals surface area (Å²) in [5.74, 6) is 0.796. The standard InChI is InChI=1S/C20H22N2O2S/c1-14(18-13-25-19-10-5-4-9-17(18)19)21-20(23)22(2)12-15-7-6-8-16(11-15)24-3/h4-11,13-14H,12H2,1-3H3,(H,21,23). The minimum Gasteiger partial charge on any atom is -0.497 e. The Kier molecular flexibility index (Phi) is 5.24. The molecule has 0 saturated carbocycles. The lowest BCUT2D eigenvalue weighted by Crippen LogP contribution is -2.38. The molecule has 2 amide bonds. The smallest absolute Gasteiger partial charge is 0.317 e. The van der Waals surface area contributed by atoms with Gasteiger partial charge in [-0.3, -0.25) is 0 Å². The zero-order valence-corrected chi connectivity index (χ0v) is 15.5. The van der Waals surface area contributed by atoms with Crippen LogP contribution < -0.4 is 10.1 Å². The normalized spacial score (nSPS) is 12.0. The molecule has 0 radical (unpaired) electrons. The van der Waals surface area contributed by atoms with Gasteiger partial charge in [-0.15, -0.1) is 11.3 Å². The molecule has 130 valence electrons. The lowest BCUT2D eigenvalue weighted by atomic mass is 10.1. The zero-order valence-electron chi connectivity index (χ0n) is 14.7. The number of amides is 2. The predicted molar refractivity (Wildman–Crippen MR) is 103 cm³/mol. The number of carbonyl (C=O) groups excluding carboxylic acids is 1.